The predicted octanol–water partition coefficient (Wildman–Crippen LogP) is 1.52. The molecule has 70 valence electrons. The number of aromatic nitrogens is 1. The summed E-state index contributed by atoms with van der Waals surface area (Å²) >= 11 is 8.55. The molecule has 0 amide bonds. The van der Waals surface area contributed by atoms with E-state index in [2.05, 4.69) is 20.7 Å². The van der Waals surface area contributed by atoms with E-state index in [1.54, 1.807) is 0 Å². The van der Waals surface area contributed by atoms with Crippen molar-refractivity contribution in [3.63, 3.8) is 0 Å². The Hall–Kier alpha value is -0.810. The zero-order chi connectivity index (χ0) is 10.0. The third-order valence-electron chi connectivity index (χ3n) is 1.37. The molecular weight excluding hydrogens is 261 g/mol. The van der Waals surface area contributed by atoms with Crippen LogP contribution in [0.2, 0.25) is 5.15 Å². The summed E-state index contributed by atoms with van der Waals surface area (Å²) in [6.45, 7) is 0. The van der Waals surface area contributed by atoms with E-state index in [0.717, 1.165) is 0 Å². The van der Waals surface area contributed by atoms with Gasteiger partial charge in [-0.2, -0.15) is 0 Å². The van der Waals surface area contributed by atoms with Crippen LogP contribution in [0.5, 0.6) is 0 Å². The molecule has 0 aliphatic rings. The predicted molar refractivity (Wildman–Crippen MR) is 49.5 cm³/mol. The molecule has 0 unspecified atom stereocenters. The van der Waals surface area contributed by atoms with Gasteiger partial charge in [0.15, 0.2) is 0 Å². The second-order valence-electron chi connectivity index (χ2n) is 2.14. The van der Waals surface area contributed by atoms with Crippen LogP contribution in [0.4, 0.5) is 0 Å². The van der Waals surface area contributed by atoms with Gasteiger partial charge in [0.25, 0.3) is 5.15 Å². The Balaban J connectivity index is 3.33. The number of carbonyl (C=O) groups is 1. The summed E-state index contributed by atoms with van der Waals surface area (Å²) in [7, 11) is 1.19. The normalized spacial score (nSPS) is 9.77. The molecule has 0 saturated heterocycles. The summed E-state index contributed by atoms with van der Waals surface area (Å²) in [5.41, 5.74) is -0.157. The Bertz CT molecular complexity index is 356. The highest BCUT2D eigenvalue weighted by Crippen LogP contribution is 2.16. The largest absolute Gasteiger partial charge is 0.617 e. The van der Waals surface area contributed by atoms with Gasteiger partial charge in [-0.3, -0.25) is 0 Å². The molecule has 0 aliphatic carbocycles. The first-order valence-electron chi connectivity index (χ1n) is 3.23. The van der Waals surface area contributed by atoms with Gasteiger partial charge in [0.1, 0.15) is 0 Å². The lowest BCUT2D eigenvalue weighted by molar-refractivity contribution is -0.606. The van der Waals surface area contributed by atoms with Gasteiger partial charge >= 0.3 is 11.7 Å². The van der Waals surface area contributed by atoms with Gasteiger partial charge in [0.2, 0.25) is 0 Å². The van der Waals surface area contributed by atoms with Crippen LogP contribution >= 0.6 is 27.5 Å². The fraction of sp³-hybridized carbons (Fsp3) is 0.143. The summed E-state index contributed by atoms with van der Waals surface area (Å²) < 4.78 is 5.05. The van der Waals surface area contributed by atoms with Gasteiger partial charge in [-0.05, 0) is 33.6 Å². The Labute approximate surface area is 87.8 Å². The molecular formula is C7H5BrClNO3. The lowest BCUT2D eigenvalue weighted by atomic mass is 10.3. The SMILES string of the molecule is COC(=O)c1c(Br)ccc(Cl)[n+]1[O-]. The van der Waals surface area contributed by atoms with Crippen LogP contribution in [0.3, 0.4) is 0 Å². The summed E-state index contributed by atoms with van der Waals surface area (Å²) in [5, 5.41) is 11.2. The number of nitrogens with zero attached hydrogens (tertiary/aromatic N) is 1. The Kier molecular flexibility index (Phi) is 3.11. The van der Waals surface area contributed by atoms with Crippen LogP contribution in [-0.2, 0) is 4.74 Å². The minimum absolute atomic E-state index is 0.0800. The fourth-order valence-corrected chi connectivity index (χ4v) is 1.37. The molecule has 0 spiro atoms. The molecule has 4 nitrogen and oxygen atoms in total. The van der Waals surface area contributed by atoms with E-state index < -0.39 is 5.97 Å². The second-order valence-corrected chi connectivity index (χ2v) is 3.38. The van der Waals surface area contributed by atoms with Crippen molar-refractivity contribution in [3.05, 3.63) is 32.7 Å². The maximum atomic E-state index is 11.2. The zero-order valence-corrected chi connectivity index (χ0v) is 8.92. The Morgan fingerprint density at radius 3 is 2.85 bits per heavy atom. The number of halogens is 2. The second kappa shape index (κ2) is 3.93. The highest BCUT2D eigenvalue weighted by atomic mass is 79.9. The highest BCUT2D eigenvalue weighted by molar-refractivity contribution is 9.10. The zero-order valence-electron chi connectivity index (χ0n) is 6.58. The van der Waals surface area contributed by atoms with Crippen LogP contribution in [-0.4, -0.2) is 13.1 Å². The lowest BCUT2D eigenvalue weighted by Gasteiger charge is -2.04. The Morgan fingerprint density at radius 1 is 1.69 bits per heavy atom. The van der Waals surface area contributed by atoms with Gasteiger partial charge in [0, 0.05) is 6.07 Å². The molecule has 0 N–H and O–H groups in total. The van der Waals surface area contributed by atoms with Gasteiger partial charge in [-0.15, -0.1) is 4.73 Å². The number of methoxy groups -OCH3 is 1. The van der Waals surface area contributed by atoms with Crippen molar-refractivity contribution in [1.29, 1.82) is 0 Å². The Morgan fingerprint density at radius 2 is 2.31 bits per heavy atom. The van der Waals surface area contributed by atoms with Crippen molar-refractivity contribution in [2.45, 2.75) is 0 Å². The molecule has 1 aromatic rings. The van der Waals surface area contributed by atoms with Crippen LogP contribution < -0.4 is 4.73 Å². The van der Waals surface area contributed by atoms with Crippen LogP contribution in [0.25, 0.3) is 0 Å². The van der Waals surface area contributed by atoms with Gasteiger partial charge in [0.05, 0.1) is 11.6 Å². The molecule has 0 radical (unpaired) electrons. The number of pyridine rings is 1. The maximum Gasteiger partial charge on any atom is 0.406 e. The summed E-state index contributed by atoms with van der Waals surface area (Å²) in [5.74, 6) is -0.732. The minimum Gasteiger partial charge on any atom is -0.617 e. The fourth-order valence-electron chi connectivity index (χ4n) is 0.769. The van der Waals surface area contributed by atoms with Crippen molar-refractivity contribution < 1.29 is 14.3 Å². The van der Waals surface area contributed by atoms with E-state index in [9.17, 15) is 10.0 Å². The summed E-state index contributed by atoms with van der Waals surface area (Å²) in [6, 6.07) is 2.88. The molecule has 0 saturated carbocycles. The van der Waals surface area contributed by atoms with Gasteiger partial charge in [-0.25, -0.2) is 4.79 Å². The standard InChI is InChI=1S/C7H5BrClNO3/c1-13-7(11)6-4(8)2-3-5(9)10(6)12/h2-3H,1H3. The molecule has 0 bridgehead atoms. The van der Waals surface area contributed by atoms with E-state index in [0.29, 0.717) is 9.20 Å². The minimum atomic E-state index is -0.732. The van der Waals surface area contributed by atoms with E-state index in [1.165, 1.54) is 19.2 Å². The molecule has 1 aromatic heterocycles. The third-order valence-corrected chi connectivity index (χ3v) is 2.29. The monoisotopic (exact) mass is 265 g/mol. The number of esters is 1. The van der Waals surface area contributed by atoms with Gasteiger partial charge in [-0.1, -0.05) is 0 Å². The van der Waals surface area contributed by atoms with Crippen LogP contribution in [0.15, 0.2) is 16.6 Å². The van der Waals surface area contributed by atoms with Crippen molar-refractivity contribution in [2.24, 2.45) is 0 Å². The number of rotatable bonds is 1. The van der Waals surface area contributed by atoms with Crippen molar-refractivity contribution in [1.82, 2.24) is 0 Å². The first-order chi connectivity index (χ1) is 6.07. The van der Waals surface area contributed by atoms with Crippen molar-refractivity contribution in [2.75, 3.05) is 7.11 Å². The quantitative estimate of drug-likeness (QED) is 0.335. The average Bonchev–Trinajstić information content (AvgIpc) is 2.12. The molecule has 0 aromatic carbocycles. The summed E-state index contributed by atoms with van der Waals surface area (Å²) in [6.07, 6.45) is 0. The van der Waals surface area contributed by atoms with Gasteiger partial charge < -0.3 is 9.94 Å². The topological polar surface area (TPSA) is 53.2 Å². The molecule has 1 heterocycles. The average molecular weight is 266 g/mol. The number of carbonyl (C=O) groups excluding carboxylic acids is 1. The van der Waals surface area contributed by atoms with Crippen molar-refractivity contribution >= 4 is 33.5 Å². The third kappa shape index (κ3) is 1.92. The number of hydrogen-bond acceptors (Lipinski definition) is 3. The smallest absolute Gasteiger partial charge is 0.406 e. The molecule has 0 aliphatic heterocycles. The molecule has 1 rings (SSSR count). The van der Waals surface area contributed by atoms with E-state index >= 15 is 0 Å². The van der Waals surface area contributed by atoms with Crippen LogP contribution in [0, 0.1) is 5.21 Å². The van der Waals surface area contributed by atoms with E-state index in [1.807, 2.05) is 0 Å². The van der Waals surface area contributed by atoms with Crippen LogP contribution in [0.1, 0.15) is 10.5 Å². The van der Waals surface area contributed by atoms with Crippen molar-refractivity contribution in [3.8, 4) is 0 Å². The van der Waals surface area contributed by atoms with E-state index in [-0.39, 0.29) is 10.8 Å². The number of hydrogen-bond donors (Lipinski definition) is 0. The molecule has 0 fully saturated rings. The first-order valence-corrected chi connectivity index (χ1v) is 4.41. The maximum absolute atomic E-state index is 11.2. The first kappa shape index (κ1) is 10.3. The molecule has 13 heavy (non-hydrogen) atoms. The molecule has 6 heteroatoms. The van der Waals surface area contributed by atoms with E-state index in [4.69, 9.17) is 11.6 Å². The summed E-state index contributed by atoms with van der Waals surface area (Å²) in [4.78, 5) is 11.1. The lowest BCUT2D eigenvalue weighted by Crippen LogP contribution is -2.36. The molecule has 0 atom stereocenters. The highest BCUT2D eigenvalue weighted by Gasteiger charge is 2.23. The number of ether oxygens (including phenoxy) is 1.